The summed E-state index contributed by atoms with van der Waals surface area (Å²) in [5.74, 6) is 2.23. The van der Waals surface area contributed by atoms with Gasteiger partial charge in [-0.1, -0.05) is 18.2 Å². The van der Waals surface area contributed by atoms with Gasteiger partial charge in [0.2, 0.25) is 0 Å². The van der Waals surface area contributed by atoms with Crippen molar-refractivity contribution in [3.05, 3.63) is 30.3 Å². The molecule has 1 fully saturated rings. The number of aromatic amines is 1. The van der Waals surface area contributed by atoms with Crippen LogP contribution in [0.3, 0.4) is 0 Å². The number of nitrogens with one attached hydrogen (secondary N) is 1. The molecule has 0 bridgehead atoms. The predicted octanol–water partition coefficient (Wildman–Crippen LogP) is 3.97. The Morgan fingerprint density at radius 2 is 2.12 bits per heavy atom. The molecule has 0 spiro atoms. The van der Waals surface area contributed by atoms with Crippen molar-refractivity contribution >= 4 is 35.3 Å². The number of rotatable bonds is 4. The van der Waals surface area contributed by atoms with Gasteiger partial charge in [0.05, 0.1) is 5.03 Å². The van der Waals surface area contributed by atoms with Gasteiger partial charge in [-0.3, -0.25) is 0 Å². The molecule has 1 heterocycles. The van der Waals surface area contributed by atoms with E-state index in [0.717, 1.165) is 5.75 Å². The molecule has 1 aliphatic carbocycles. The summed E-state index contributed by atoms with van der Waals surface area (Å²) < 4.78 is 0. The Morgan fingerprint density at radius 3 is 2.81 bits per heavy atom. The Hall–Kier alpha value is -0.540. The largest absolute Gasteiger partial charge is 0.350 e. The van der Waals surface area contributed by atoms with Crippen LogP contribution in [-0.2, 0) is 0 Å². The third-order valence-electron chi connectivity index (χ3n) is 3.33. The molecule has 3 heteroatoms. The average Bonchev–Trinajstić information content (AvgIpc) is 2.98. The fourth-order valence-electron chi connectivity index (χ4n) is 1.88. The zero-order chi connectivity index (χ0) is 11.0. The Labute approximate surface area is 105 Å². The molecule has 0 unspecified atom stereocenters. The van der Waals surface area contributed by atoms with Crippen molar-refractivity contribution in [3.63, 3.8) is 0 Å². The van der Waals surface area contributed by atoms with E-state index in [4.69, 9.17) is 0 Å². The lowest BCUT2D eigenvalue weighted by molar-refractivity contribution is 0.682. The van der Waals surface area contributed by atoms with E-state index in [9.17, 15) is 0 Å². The first-order valence-electron chi connectivity index (χ1n) is 5.63. The second kappa shape index (κ2) is 4.04. The molecule has 1 nitrogen and oxygen atoms in total. The number of benzene rings is 1. The fourth-order valence-corrected chi connectivity index (χ4v) is 3.70. The molecule has 3 rings (SSSR count). The second-order valence-corrected chi connectivity index (χ2v) is 6.00. The van der Waals surface area contributed by atoms with Gasteiger partial charge >= 0.3 is 0 Å². The summed E-state index contributed by atoms with van der Waals surface area (Å²) >= 11 is 6.37. The maximum absolute atomic E-state index is 4.44. The molecule has 1 aromatic heterocycles. The Bertz CT molecular complexity index is 466. The van der Waals surface area contributed by atoms with Crippen LogP contribution in [0.4, 0.5) is 0 Å². The molecule has 1 saturated carbocycles. The van der Waals surface area contributed by atoms with E-state index in [1.54, 1.807) is 0 Å². The highest BCUT2D eigenvalue weighted by atomic mass is 32.2. The van der Waals surface area contributed by atoms with E-state index in [1.807, 2.05) is 11.8 Å². The summed E-state index contributed by atoms with van der Waals surface area (Å²) in [5, 5.41) is 2.59. The Balaban J connectivity index is 1.74. The quantitative estimate of drug-likeness (QED) is 0.619. The van der Waals surface area contributed by atoms with Crippen molar-refractivity contribution in [2.24, 2.45) is 5.41 Å². The molecule has 0 radical (unpaired) electrons. The maximum atomic E-state index is 4.44. The van der Waals surface area contributed by atoms with E-state index in [0.29, 0.717) is 5.41 Å². The first-order chi connectivity index (χ1) is 7.81. The van der Waals surface area contributed by atoms with Crippen LogP contribution in [0, 0.1) is 5.41 Å². The standard InChI is InChI=1S/C13H15NS2/c15-8-13(5-6-13)9-16-12-7-10-3-1-2-4-11(10)14-12/h1-4,7,14-15H,5-6,8-9H2. The van der Waals surface area contributed by atoms with Crippen LogP contribution in [0.5, 0.6) is 0 Å². The molecule has 84 valence electrons. The van der Waals surface area contributed by atoms with Crippen molar-refractivity contribution in [3.8, 4) is 0 Å². The highest BCUT2D eigenvalue weighted by Crippen LogP contribution is 2.49. The van der Waals surface area contributed by atoms with Crippen molar-refractivity contribution in [1.82, 2.24) is 4.98 Å². The number of hydrogen-bond acceptors (Lipinski definition) is 2. The lowest BCUT2D eigenvalue weighted by atomic mass is 10.2. The van der Waals surface area contributed by atoms with Crippen molar-refractivity contribution in [2.45, 2.75) is 17.9 Å². The van der Waals surface area contributed by atoms with Gasteiger partial charge in [0.1, 0.15) is 0 Å². The minimum absolute atomic E-state index is 0.533. The molecular formula is C13H15NS2. The minimum Gasteiger partial charge on any atom is -0.350 e. The summed E-state index contributed by atoms with van der Waals surface area (Å²) in [4.78, 5) is 3.46. The first kappa shape index (κ1) is 10.6. The van der Waals surface area contributed by atoms with Gasteiger partial charge in [0.15, 0.2) is 0 Å². The van der Waals surface area contributed by atoms with Gasteiger partial charge in [-0.2, -0.15) is 12.6 Å². The van der Waals surface area contributed by atoms with Crippen molar-refractivity contribution in [2.75, 3.05) is 11.5 Å². The van der Waals surface area contributed by atoms with Crippen LogP contribution in [0.25, 0.3) is 10.9 Å². The smallest absolute Gasteiger partial charge is 0.0732 e. The minimum atomic E-state index is 0.533. The maximum Gasteiger partial charge on any atom is 0.0732 e. The monoisotopic (exact) mass is 249 g/mol. The van der Waals surface area contributed by atoms with Crippen LogP contribution in [-0.4, -0.2) is 16.5 Å². The van der Waals surface area contributed by atoms with Gasteiger partial charge in [-0.15, -0.1) is 11.8 Å². The number of fused-ring (bicyclic) bond motifs is 1. The fraction of sp³-hybridized carbons (Fsp3) is 0.385. The zero-order valence-corrected chi connectivity index (χ0v) is 10.8. The van der Waals surface area contributed by atoms with Gasteiger partial charge in [0, 0.05) is 16.7 Å². The molecule has 2 aromatic rings. The van der Waals surface area contributed by atoms with Crippen molar-refractivity contribution < 1.29 is 0 Å². The second-order valence-electron chi connectivity index (χ2n) is 4.67. The molecule has 0 saturated heterocycles. The molecule has 0 amide bonds. The number of hydrogen-bond donors (Lipinski definition) is 2. The summed E-state index contributed by atoms with van der Waals surface area (Å²) in [5.41, 5.74) is 1.77. The average molecular weight is 249 g/mol. The molecule has 16 heavy (non-hydrogen) atoms. The summed E-state index contributed by atoms with van der Waals surface area (Å²) in [6.45, 7) is 0. The molecular weight excluding hydrogens is 234 g/mol. The number of thioether (sulfide) groups is 1. The number of para-hydroxylation sites is 1. The first-order valence-corrected chi connectivity index (χ1v) is 7.25. The topological polar surface area (TPSA) is 15.8 Å². The summed E-state index contributed by atoms with van der Waals surface area (Å²) in [6.07, 6.45) is 2.70. The van der Waals surface area contributed by atoms with Gasteiger partial charge in [0.25, 0.3) is 0 Å². The molecule has 1 N–H and O–H groups in total. The third kappa shape index (κ3) is 1.98. The van der Waals surface area contributed by atoms with Gasteiger partial charge in [-0.25, -0.2) is 0 Å². The van der Waals surface area contributed by atoms with E-state index in [1.165, 1.54) is 34.5 Å². The Kier molecular flexibility index (Phi) is 2.68. The normalized spacial score (nSPS) is 17.8. The highest BCUT2D eigenvalue weighted by molar-refractivity contribution is 7.99. The molecule has 1 aliphatic rings. The molecule has 0 atom stereocenters. The van der Waals surface area contributed by atoms with E-state index >= 15 is 0 Å². The zero-order valence-electron chi connectivity index (χ0n) is 9.07. The van der Waals surface area contributed by atoms with Crippen LogP contribution in [0.1, 0.15) is 12.8 Å². The van der Waals surface area contributed by atoms with E-state index in [2.05, 4.69) is 47.9 Å². The van der Waals surface area contributed by atoms with E-state index in [-0.39, 0.29) is 0 Å². The molecule has 0 aliphatic heterocycles. The summed E-state index contributed by atoms with van der Waals surface area (Å²) in [7, 11) is 0. The lowest BCUT2D eigenvalue weighted by Gasteiger charge is -2.09. The number of H-pyrrole nitrogens is 1. The van der Waals surface area contributed by atoms with Crippen LogP contribution in [0.2, 0.25) is 0 Å². The van der Waals surface area contributed by atoms with Crippen LogP contribution < -0.4 is 0 Å². The van der Waals surface area contributed by atoms with Crippen LogP contribution >= 0.6 is 24.4 Å². The van der Waals surface area contributed by atoms with E-state index < -0.39 is 0 Å². The number of thiol groups is 1. The SMILES string of the molecule is SCC1(CSc2cc3ccccc3[nH]2)CC1. The Morgan fingerprint density at radius 1 is 1.31 bits per heavy atom. The summed E-state index contributed by atoms with van der Waals surface area (Å²) in [6, 6.07) is 10.7. The highest BCUT2D eigenvalue weighted by Gasteiger charge is 2.40. The lowest BCUT2D eigenvalue weighted by Crippen LogP contribution is -2.05. The van der Waals surface area contributed by atoms with Crippen molar-refractivity contribution in [1.29, 1.82) is 0 Å². The third-order valence-corrected chi connectivity index (χ3v) is 5.29. The van der Waals surface area contributed by atoms with Gasteiger partial charge in [-0.05, 0) is 36.1 Å². The number of aromatic nitrogens is 1. The molecule has 1 aromatic carbocycles. The van der Waals surface area contributed by atoms with Gasteiger partial charge < -0.3 is 4.98 Å². The van der Waals surface area contributed by atoms with Crippen LogP contribution in [0.15, 0.2) is 35.4 Å². The predicted molar refractivity (Wildman–Crippen MR) is 74.5 cm³/mol.